The highest BCUT2D eigenvalue weighted by Gasteiger charge is 2.29. The zero-order valence-electron chi connectivity index (χ0n) is 6.46. The normalized spacial score (nSPS) is 19.6. The fourth-order valence-electron chi connectivity index (χ4n) is 0.779. The van der Waals surface area contributed by atoms with Crippen molar-refractivity contribution in [1.82, 2.24) is 0 Å². The molecular weight excluding hydrogens is 184 g/mol. The van der Waals surface area contributed by atoms with Crippen molar-refractivity contribution in [3.05, 3.63) is 0 Å². The first-order valence-electron chi connectivity index (χ1n) is 3.06. The maximum atomic E-state index is 5.34. The molecule has 0 spiro atoms. The lowest BCUT2D eigenvalue weighted by Gasteiger charge is -2.12. The summed E-state index contributed by atoms with van der Waals surface area (Å²) >= 11 is 4.72. The van der Waals surface area contributed by atoms with Crippen LogP contribution in [0.1, 0.15) is 20.3 Å². The Bertz CT molecular complexity index is 203. The van der Waals surface area contributed by atoms with Gasteiger partial charge in [0.05, 0.1) is 0 Å². The molecule has 0 aliphatic carbocycles. The molecule has 11 heavy (non-hydrogen) atoms. The summed E-state index contributed by atoms with van der Waals surface area (Å²) < 4.78 is 0. The number of nitrogens with zero attached hydrogens (tertiary/aromatic N) is 1. The van der Waals surface area contributed by atoms with Gasteiger partial charge in [0, 0.05) is 6.42 Å². The maximum absolute atomic E-state index is 5.34. The van der Waals surface area contributed by atoms with Crippen molar-refractivity contribution in [1.29, 1.82) is 0 Å². The minimum Gasteiger partial charge on any atom is -0.389 e. The Morgan fingerprint density at radius 2 is 2.27 bits per heavy atom. The van der Waals surface area contributed by atoms with E-state index < -0.39 is 0 Å². The average molecular weight is 195 g/mol. The topological polar surface area (TPSA) is 47.6 Å². The summed E-state index contributed by atoms with van der Waals surface area (Å²) in [5.41, 5.74) is 5.81. The molecule has 0 saturated heterocycles. The first-order valence-corrected chi connectivity index (χ1v) is 3.47. The molecule has 0 aromatic heterocycles. The molecule has 0 fully saturated rings. The molecule has 1 rings (SSSR count). The van der Waals surface area contributed by atoms with E-state index in [9.17, 15) is 0 Å². The lowest BCUT2D eigenvalue weighted by molar-refractivity contribution is 0.0123. The SMILES string of the molecule is CC1(C)CC(C(N)=S)=NO1.Cl. The molecule has 0 aromatic rings. The van der Waals surface area contributed by atoms with Crippen LogP contribution in [0.15, 0.2) is 5.16 Å². The van der Waals surface area contributed by atoms with Gasteiger partial charge in [-0.3, -0.25) is 0 Å². The number of thiocarbonyl (C=S) groups is 1. The molecule has 64 valence electrons. The highest BCUT2D eigenvalue weighted by atomic mass is 35.5. The monoisotopic (exact) mass is 194 g/mol. The third-order valence-corrected chi connectivity index (χ3v) is 1.52. The minimum atomic E-state index is -0.223. The van der Waals surface area contributed by atoms with Crippen LogP contribution in [-0.2, 0) is 4.84 Å². The zero-order chi connectivity index (χ0) is 7.78. The van der Waals surface area contributed by atoms with Crippen molar-refractivity contribution in [3.63, 3.8) is 0 Å². The highest BCUT2D eigenvalue weighted by molar-refractivity contribution is 7.82. The Morgan fingerprint density at radius 1 is 1.73 bits per heavy atom. The van der Waals surface area contributed by atoms with Gasteiger partial charge in [0.15, 0.2) is 0 Å². The largest absolute Gasteiger partial charge is 0.389 e. The summed E-state index contributed by atoms with van der Waals surface area (Å²) in [5.74, 6) is 0. The second kappa shape index (κ2) is 3.36. The van der Waals surface area contributed by atoms with Gasteiger partial charge in [-0.25, -0.2) is 0 Å². The van der Waals surface area contributed by atoms with Gasteiger partial charge in [0.2, 0.25) is 0 Å². The fourth-order valence-corrected chi connectivity index (χ4v) is 0.888. The van der Waals surface area contributed by atoms with E-state index in [4.69, 9.17) is 22.8 Å². The Kier molecular flexibility index (Phi) is 3.26. The number of nitrogens with two attached hydrogens (primary N) is 1. The molecule has 2 N–H and O–H groups in total. The maximum Gasteiger partial charge on any atom is 0.138 e. The predicted molar refractivity (Wildman–Crippen MR) is 51.2 cm³/mol. The van der Waals surface area contributed by atoms with Crippen LogP contribution in [0.5, 0.6) is 0 Å². The van der Waals surface area contributed by atoms with Crippen LogP contribution >= 0.6 is 24.6 Å². The number of oxime groups is 1. The van der Waals surface area contributed by atoms with Crippen LogP contribution in [0.2, 0.25) is 0 Å². The zero-order valence-corrected chi connectivity index (χ0v) is 8.09. The standard InChI is InChI=1S/C6H10N2OS.ClH/c1-6(2)3-4(5(7)10)8-9-6;/h3H2,1-2H3,(H2,7,10);1H. The lowest BCUT2D eigenvalue weighted by atomic mass is 10.0. The van der Waals surface area contributed by atoms with Gasteiger partial charge in [0.25, 0.3) is 0 Å². The molecular formula is C6H11ClN2OS. The number of hydrogen-bond acceptors (Lipinski definition) is 3. The number of halogens is 1. The summed E-state index contributed by atoms with van der Waals surface area (Å²) in [4.78, 5) is 5.37. The van der Waals surface area contributed by atoms with Crippen LogP contribution in [0, 0.1) is 0 Å². The summed E-state index contributed by atoms with van der Waals surface area (Å²) in [5, 5.41) is 3.74. The molecule has 5 heteroatoms. The van der Waals surface area contributed by atoms with Gasteiger partial charge >= 0.3 is 0 Å². The van der Waals surface area contributed by atoms with Gasteiger partial charge in [-0.1, -0.05) is 17.4 Å². The lowest BCUT2D eigenvalue weighted by Crippen LogP contribution is -2.25. The Morgan fingerprint density at radius 3 is 2.45 bits per heavy atom. The van der Waals surface area contributed by atoms with Crippen molar-refractivity contribution in [2.24, 2.45) is 10.9 Å². The van der Waals surface area contributed by atoms with Gasteiger partial charge in [-0.05, 0) is 13.8 Å². The van der Waals surface area contributed by atoms with Crippen LogP contribution in [0.3, 0.4) is 0 Å². The molecule has 1 heterocycles. The molecule has 0 saturated carbocycles. The molecule has 0 aromatic carbocycles. The van der Waals surface area contributed by atoms with E-state index in [1.54, 1.807) is 0 Å². The van der Waals surface area contributed by atoms with E-state index in [-0.39, 0.29) is 18.0 Å². The van der Waals surface area contributed by atoms with Crippen molar-refractivity contribution in [2.75, 3.05) is 0 Å². The van der Waals surface area contributed by atoms with Crippen molar-refractivity contribution in [3.8, 4) is 0 Å². The molecule has 1 aliphatic rings. The van der Waals surface area contributed by atoms with Crippen LogP contribution in [0.25, 0.3) is 0 Å². The van der Waals surface area contributed by atoms with Gasteiger partial charge in [0.1, 0.15) is 16.3 Å². The highest BCUT2D eigenvalue weighted by Crippen LogP contribution is 2.21. The van der Waals surface area contributed by atoms with Crippen molar-refractivity contribution >= 4 is 35.3 Å². The quantitative estimate of drug-likeness (QED) is 0.640. The third kappa shape index (κ3) is 2.63. The molecule has 0 bridgehead atoms. The third-order valence-electron chi connectivity index (χ3n) is 1.28. The molecule has 0 unspecified atom stereocenters. The molecule has 3 nitrogen and oxygen atoms in total. The Balaban J connectivity index is 0.000001000. The smallest absolute Gasteiger partial charge is 0.138 e. The van der Waals surface area contributed by atoms with E-state index in [0.717, 1.165) is 0 Å². The predicted octanol–water partition coefficient (Wildman–Crippen LogP) is 1.25. The van der Waals surface area contributed by atoms with Crippen molar-refractivity contribution in [2.45, 2.75) is 25.9 Å². The Labute approximate surface area is 77.4 Å². The summed E-state index contributed by atoms with van der Waals surface area (Å²) in [6.45, 7) is 3.89. The molecule has 0 atom stereocenters. The van der Waals surface area contributed by atoms with Crippen LogP contribution in [0.4, 0.5) is 0 Å². The van der Waals surface area contributed by atoms with E-state index >= 15 is 0 Å². The van der Waals surface area contributed by atoms with E-state index in [0.29, 0.717) is 17.1 Å². The average Bonchev–Trinajstić information content (AvgIpc) is 2.10. The van der Waals surface area contributed by atoms with E-state index in [2.05, 4.69) is 5.16 Å². The van der Waals surface area contributed by atoms with Gasteiger partial charge < -0.3 is 10.6 Å². The second-order valence-corrected chi connectivity index (χ2v) is 3.37. The fraction of sp³-hybridized carbons (Fsp3) is 0.667. The first-order chi connectivity index (χ1) is 4.51. The van der Waals surface area contributed by atoms with Crippen LogP contribution < -0.4 is 5.73 Å². The molecule has 1 aliphatic heterocycles. The van der Waals surface area contributed by atoms with Crippen LogP contribution in [-0.4, -0.2) is 16.3 Å². The number of hydrogen-bond donors (Lipinski definition) is 1. The van der Waals surface area contributed by atoms with E-state index in [1.807, 2.05) is 13.8 Å². The number of rotatable bonds is 1. The van der Waals surface area contributed by atoms with Crippen molar-refractivity contribution < 1.29 is 4.84 Å². The molecule has 0 radical (unpaired) electrons. The van der Waals surface area contributed by atoms with Gasteiger partial charge in [-0.2, -0.15) is 0 Å². The summed E-state index contributed by atoms with van der Waals surface area (Å²) in [7, 11) is 0. The first kappa shape index (κ1) is 10.7. The minimum absolute atomic E-state index is 0. The summed E-state index contributed by atoms with van der Waals surface area (Å²) in [6.07, 6.45) is 0.711. The summed E-state index contributed by atoms with van der Waals surface area (Å²) in [6, 6.07) is 0. The Hall–Kier alpha value is -0.350. The van der Waals surface area contributed by atoms with Gasteiger partial charge in [-0.15, -0.1) is 12.4 Å². The van der Waals surface area contributed by atoms with E-state index in [1.165, 1.54) is 0 Å². The second-order valence-electron chi connectivity index (χ2n) is 2.93. The molecule has 0 amide bonds.